The Bertz CT molecular complexity index is 2390. The summed E-state index contributed by atoms with van der Waals surface area (Å²) in [6.07, 6.45) is 0. The summed E-state index contributed by atoms with van der Waals surface area (Å²) in [5, 5.41) is 2.54. The molecule has 4 heteroatoms. The highest BCUT2D eigenvalue weighted by Crippen LogP contribution is 2.41. The van der Waals surface area contributed by atoms with Crippen molar-refractivity contribution >= 4 is 21.8 Å². The van der Waals surface area contributed by atoms with Crippen molar-refractivity contribution in [1.29, 1.82) is 0 Å². The average Bonchev–Trinajstić information content (AvgIpc) is 3.48. The Morgan fingerprint density at radius 3 is 1.24 bits per heavy atom. The van der Waals surface area contributed by atoms with Crippen LogP contribution in [0, 0.1) is 0 Å². The third-order valence-corrected chi connectivity index (χ3v) is 9.78. The summed E-state index contributed by atoms with van der Waals surface area (Å²) in [6, 6.07) is 51.6. The van der Waals surface area contributed by atoms with E-state index in [0.29, 0.717) is 17.5 Å². The first-order chi connectivity index (χ1) is 24.5. The molecule has 2 aromatic heterocycles. The first-order valence-electron chi connectivity index (χ1n) is 17.7. The highest BCUT2D eigenvalue weighted by atomic mass is 15.0. The van der Waals surface area contributed by atoms with Gasteiger partial charge in [-0.15, -0.1) is 0 Å². The molecule has 0 bridgehead atoms. The van der Waals surface area contributed by atoms with Crippen molar-refractivity contribution in [3.05, 3.63) is 157 Å². The van der Waals surface area contributed by atoms with Crippen molar-refractivity contribution in [2.24, 2.45) is 0 Å². The van der Waals surface area contributed by atoms with Gasteiger partial charge < -0.3 is 4.57 Å². The lowest BCUT2D eigenvalue weighted by atomic mass is 9.85. The fourth-order valence-electron chi connectivity index (χ4n) is 6.87. The quantitative estimate of drug-likeness (QED) is 0.184. The van der Waals surface area contributed by atoms with E-state index in [9.17, 15) is 0 Å². The summed E-state index contributed by atoms with van der Waals surface area (Å²) >= 11 is 0. The van der Waals surface area contributed by atoms with Crippen LogP contribution in [0.3, 0.4) is 0 Å². The van der Waals surface area contributed by atoms with Crippen LogP contribution in [0.15, 0.2) is 146 Å². The molecule has 4 nitrogen and oxygen atoms in total. The number of fused-ring (bicyclic) bond motifs is 3. The number of hydrogen-bond donors (Lipinski definition) is 0. The van der Waals surface area contributed by atoms with Crippen LogP contribution < -0.4 is 0 Å². The second kappa shape index (κ2) is 12.5. The third-order valence-electron chi connectivity index (χ3n) is 9.78. The van der Waals surface area contributed by atoms with Crippen molar-refractivity contribution in [3.63, 3.8) is 0 Å². The second-order valence-corrected chi connectivity index (χ2v) is 15.4. The molecule has 0 radical (unpaired) electrons. The molecule has 0 aliphatic carbocycles. The standard InChI is InChI=1S/C47H42N4/c1-46(2,3)35-23-26-41-38(29-35)39-30-36(47(4,5)6)24-27-42(39)51(41)40-25-22-34(28-37(40)31-16-10-7-11-17-31)45-49-43(32-18-12-8-13-19-32)48-44(50-45)33-20-14-9-15-21-33/h7-30H,1-6H3. The van der Waals surface area contributed by atoms with Gasteiger partial charge in [0.1, 0.15) is 0 Å². The summed E-state index contributed by atoms with van der Waals surface area (Å²) in [6.45, 7) is 13.7. The van der Waals surface area contributed by atoms with Crippen LogP contribution in [0.2, 0.25) is 0 Å². The second-order valence-electron chi connectivity index (χ2n) is 15.4. The molecule has 0 fully saturated rings. The number of aromatic nitrogens is 4. The van der Waals surface area contributed by atoms with E-state index in [1.807, 2.05) is 60.7 Å². The van der Waals surface area contributed by atoms with Gasteiger partial charge in [-0.05, 0) is 70.0 Å². The summed E-state index contributed by atoms with van der Waals surface area (Å²) in [5.74, 6) is 1.94. The minimum atomic E-state index is 0.0306. The molecule has 0 aliphatic rings. The molecule has 8 aromatic rings. The van der Waals surface area contributed by atoms with Crippen LogP contribution >= 0.6 is 0 Å². The molecule has 0 amide bonds. The molecule has 0 saturated heterocycles. The molecule has 0 unspecified atom stereocenters. The molecule has 250 valence electrons. The molecular formula is C47H42N4. The van der Waals surface area contributed by atoms with Crippen LogP contribution in [0.1, 0.15) is 52.7 Å². The van der Waals surface area contributed by atoms with Gasteiger partial charge in [-0.25, -0.2) is 15.0 Å². The van der Waals surface area contributed by atoms with Crippen molar-refractivity contribution in [2.45, 2.75) is 52.4 Å². The van der Waals surface area contributed by atoms with Crippen molar-refractivity contribution < 1.29 is 0 Å². The van der Waals surface area contributed by atoms with E-state index in [1.165, 1.54) is 32.9 Å². The van der Waals surface area contributed by atoms with Gasteiger partial charge in [0.05, 0.1) is 16.7 Å². The van der Waals surface area contributed by atoms with Gasteiger partial charge >= 0.3 is 0 Å². The highest BCUT2D eigenvalue weighted by Gasteiger charge is 2.23. The maximum atomic E-state index is 5.06. The Morgan fingerprint density at radius 1 is 0.392 bits per heavy atom. The van der Waals surface area contributed by atoms with Gasteiger partial charge in [0, 0.05) is 33.0 Å². The Kier molecular flexibility index (Phi) is 7.91. The Hall–Kier alpha value is -5.87. The molecular weight excluding hydrogens is 621 g/mol. The van der Waals surface area contributed by atoms with Crippen molar-refractivity contribution in [1.82, 2.24) is 19.5 Å². The minimum absolute atomic E-state index is 0.0306. The van der Waals surface area contributed by atoms with E-state index in [4.69, 9.17) is 15.0 Å². The van der Waals surface area contributed by atoms with E-state index in [-0.39, 0.29) is 10.8 Å². The lowest BCUT2D eigenvalue weighted by Crippen LogP contribution is -2.10. The molecule has 0 spiro atoms. The van der Waals surface area contributed by atoms with Crippen LogP contribution in [0.25, 0.3) is 72.8 Å². The fraction of sp³-hybridized carbons (Fsp3) is 0.170. The van der Waals surface area contributed by atoms with Gasteiger partial charge in [0.15, 0.2) is 17.5 Å². The molecule has 0 aliphatic heterocycles. The number of hydrogen-bond acceptors (Lipinski definition) is 3. The molecule has 0 saturated carbocycles. The van der Waals surface area contributed by atoms with Gasteiger partial charge in [-0.3, -0.25) is 0 Å². The minimum Gasteiger partial charge on any atom is -0.309 e. The Labute approximate surface area is 300 Å². The van der Waals surface area contributed by atoms with Crippen LogP contribution in [0.5, 0.6) is 0 Å². The molecule has 51 heavy (non-hydrogen) atoms. The largest absolute Gasteiger partial charge is 0.309 e. The fourth-order valence-corrected chi connectivity index (χ4v) is 6.87. The maximum absolute atomic E-state index is 5.06. The lowest BCUT2D eigenvalue weighted by molar-refractivity contribution is 0.590. The molecule has 6 aromatic carbocycles. The van der Waals surface area contributed by atoms with Crippen molar-refractivity contribution in [2.75, 3.05) is 0 Å². The number of rotatable bonds is 5. The molecule has 2 heterocycles. The van der Waals surface area contributed by atoms with E-state index in [1.54, 1.807) is 0 Å². The zero-order valence-corrected chi connectivity index (χ0v) is 30.1. The Morgan fingerprint density at radius 2 is 0.804 bits per heavy atom. The summed E-state index contributed by atoms with van der Waals surface area (Å²) in [4.78, 5) is 15.1. The molecule has 8 rings (SSSR count). The van der Waals surface area contributed by atoms with Crippen LogP contribution in [-0.2, 0) is 10.8 Å². The van der Waals surface area contributed by atoms with Gasteiger partial charge in [0.25, 0.3) is 0 Å². The van der Waals surface area contributed by atoms with Crippen molar-refractivity contribution in [3.8, 4) is 51.0 Å². The van der Waals surface area contributed by atoms with Crippen LogP contribution in [-0.4, -0.2) is 19.5 Å². The predicted molar refractivity (Wildman–Crippen MR) is 213 cm³/mol. The van der Waals surface area contributed by atoms with Gasteiger partial charge in [-0.2, -0.15) is 0 Å². The van der Waals surface area contributed by atoms with Gasteiger partial charge in [0.2, 0.25) is 0 Å². The van der Waals surface area contributed by atoms with E-state index >= 15 is 0 Å². The molecule has 0 atom stereocenters. The van der Waals surface area contributed by atoms with E-state index in [0.717, 1.165) is 33.5 Å². The topological polar surface area (TPSA) is 43.6 Å². The highest BCUT2D eigenvalue weighted by molar-refractivity contribution is 6.10. The van der Waals surface area contributed by atoms with Crippen LogP contribution in [0.4, 0.5) is 0 Å². The summed E-state index contributed by atoms with van der Waals surface area (Å²) < 4.78 is 2.44. The normalized spacial score (nSPS) is 12.1. The number of nitrogens with zero attached hydrogens (tertiary/aromatic N) is 4. The maximum Gasteiger partial charge on any atom is 0.164 e. The van der Waals surface area contributed by atoms with E-state index < -0.39 is 0 Å². The SMILES string of the molecule is CC(C)(C)c1ccc2c(c1)c1cc(C(C)(C)C)ccc1n2-c1ccc(-c2nc(-c3ccccc3)nc(-c3ccccc3)n2)cc1-c1ccccc1. The average molecular weight is 663 g/mol. The third kappa shape index (κ3) is 6.12. The lowest BCUT2D eigenvalue weighted by Gasteiger charge is -2.19. The van der Waals surface area contributed by atoms with E-state index in [2.05, 4.69) is 131 Å². The van der Waals surface area contributed by atoms with Gasteiger partial charge in [-0.1, -0.05) is 145 Å². The summed E-state index contributed by atoms with van der Waals surface area (Å²) in [5.41, 5.74) is 11.3. The smallest absolute Gasteiger partial charge is 0.164 e. The monoisotopic (exact) mass is 662 g/mol. The summed E-state index contributed by atoms with van der Waals surface area (Å²) in [7, 11) is 0. The number of benzene rings is 6. The molecule has 0 N–H and O–H groups in total. The first-order valence-corrected chi connectivity index (χ1v) is 17.7. The zero-order chi connectivity index (χ0) is 35.3. The first kappa shape index (κ1) is 32.3. The zero-order valence-electron chi connectivity index (χ0n) is 30.1. The Balaban J connectivity index is 1.39. The predicted octanol–water partition coefficient (Wildman–Crippen LogP) is 12.2.